The number of terminal acetylenes is 1. The van der Waals surface area contributed by atoms with Gasteiger partial charge in [-0.25, -0.2) is 9.59 Å². The Morgan fingerprint density at radius 2 is 2.47 bits per heavy atom. The highest BCUT2D eigenvalue weighted by Crippen LogP contribution is 1.97. The summed E-state index contributed by atoms with van der Waals surface area (Å²) >= 11 is 0. The molecule has 1 aromatic heterocycles. The maximum Gasteiger partial charge on any atom is 0.410 e. The SMILES string of the molecule is C#CCCn1ccc(NC(=O)O)nc1=O. The summed E-state index contributed by atoms with van der Waals surface area (Å²) in [4.78, 5) is 25.0. The van der Waals surface area contributed by atoms with Crippen LogP contribution < -0.4 is 11.0 Å². The van der Waals surface area contributed by atoms with Gasteiger partial charge >= 0.3 is 11.8 Å². The normalized spacial score (nSPS) is 9.27. The Kier molecular flexibility index (Phi) is 3.46. The number of carboxylic acid groups (broad SMARTS) is 1. The Morgan fingerprint density at radius 1 is 1.73 bits per heavy atom. The van der Waals surface area contributed by atoms with Gasteiger partial charge in [-0.05, 0) is 6.07 Å². The van der Waals surface area contributed by atoms with Gasteiger partial charge in [0.15, 0.2) is 0 Å². The summed E-state index contributed by atoms with van der Waals surface area (Å²) in [6, 6.07) is 1.39. The zero-order chi connectivity index (χ0) is 11.3. The van der Waals surface area contributed by atoms with Gasteiger partial charge in [0, 0.05) is 19.2 Å². The molecule has 0 unspecified atom stereocenters. The number of aryl methyl sites for hydroxylation is 1. The van der Waals surface area contributed by atoms with E-state index in [9.17, 15) is 9.59 Å². The number of amides is 1. The first-order chi connectivity index (χ1) is 7.13. The largest absolute Gasteiger partial charge is 0.465 e. The van der Waals surface area contributed by atoms with Crippen molar-refractivity contribution in [1.82, 2.24) is 9.55 Å². The molecule has 6 nitrogen and oxygen atoms in total. The summed E-state index contributed by atoms with van der Waals surface area (Å²) in [6.07, 6.45) is 5.65. The van der Waals surface area contributed by atoms with Gasteiger partial charge in [-0.1, -0.05) is 0 Å². The average Bonchev–Trinajstić information content (AvgIpc) is 2.15. The van der Waals surface area contributed by atoms with Gasteiger partial charge in [0.1, 0.15) is 5.82 Å². The second kappa shape index (κ2) is 4.81. The van der Waals surface area contributed by atoms with Gasteiger partial charge in [-0.15, -0.1) is 12.3 Å². The predicted octanol–water partition coefficient (Wildman–Crippen LogP) is 0.357. The summed E-state index contributed by atoms with van der Waals surface area (Å²) in [7, 11) is 0. The van der Waals surface area contributed by atoms with E-state index in [-0.39, 0.29) is 5.82 Å². The van der Waals surface area contributed by atoms with Crippen molar-refractivity contribution >= 4 is 11.9 Å². The lowest BCUT2D eigenvalue weighted by atomic mass is 10.4. The smallest absolute Gasteiger partial charge is 0.410 e. The average molecular weight is 207 g/mol. The van der Waals surface area contributed by atoms with Crippen LogP contribution in [0.15, 0.2) is 17.1 Å². The van der Waals surface area contributed by atoms with Crippen molar-refractivity contribution in [2.45, 2.75) is 13.0 Å². The molecule has 6 heteroatoms. The van der Waals surface area contributed by atoms with Crippen LogP contribution in [0.4, 0.5) is 10.6 Å². The Morgan fingerprint density at radius 3 is 3.00 bits per heavy atom. The molecule has 0 aromatic carbocycles. The number of aromatic nitrogens is 2. The van der Waals surface area contributed by atoms with Crippen molar-refractivity contribution < 1.29 is 9.90 Å². The second-order valence-corrected chi connectivity index (χ2v) is 2.67. The van der Waals surface area contributed by atoms with Crippen LogP contribution in [0.25, 0.3) is 0 Å². The van der Waals surface area contributed by atoms with Gasteiger partial charge in [-0.2, -0.15) is 4.98 Å². The molecule has 2 N–H and O–H groups in total. The minimum Gasteiger partial charge on any atom is -0.465 e. The quantitative estimate of drug-likeness (QED) is 0.701. The van der Waals surface area contributed by atoms with Crippen LogP contribution in [-0.4, -0.2) is 20.8 Å². The lowest BCUT2D eigenvalue weighted by molar-refractivity contribution is 0.209. The molecule has 0 aliphatic rings. The van der Waals surface area contributed by atoms with Crippen LogP contribution in [-0.2, 0) is 6.54 Å². The highest BCUT2D eigenvalue weighted by molar-refractivity contribution is 5.81. The van der Waals surface area contributed by atoms with Crippen molar-refractivity contribution in [2.24, 2.45) is 0 Å². The zero-order valence-corrected chi connectivity index (χ0v) is 7.80. The number of carbonyl (C=O) groups is 1. The Bertz CT molecular complexity index is 458. The zero-order valence-electron chi connectivity index (χ0n) is 7.80. The van der Waals surface area contributed by atoms with Gasteiger partial charge < -0.3 is 5.11 Å². The molecule has 0 aliphatic carbocycles. The summed E-state index contributed by atoms with van der Waals surface area (Å²) in [5, 5.41) is 10.4. The molecule has 1 rings (SSSR count). The molecular formula is C9H9N3O3. The van der Waals surface area contributed by atoms with Gasteiger partial charge in [-0.3, -0.25) is 9.88 Å². The first kappa shape index (κ1) is 10.8. The molecule has 0 fully saturated rings. The number of hydrogen-bond donors (Lipinski definition) is 2. The van der Waals surface area contributed by atoms with Gasteiger partial charge in [0.05, 0.1) is 0 Å². The standard InChI is InChI=1S/C9H9N3O3/c1-2-3-5-12-6-4-7(10-8(12)13)11-9(14)15/h1,4,6H,3,5H2,(H,14,15)(H,10,11,13). The number of anilines is 1. The lowest BCUT2D eigenvalue weighted by Gasteiger charge is -2.03. The third-order valence-corrected chi connectivity index (χ3v) is 1.61. The molecule has 78 valence electrons. The first-order valence-electron chi connectivity index (χ1n) is 4.14. The summed E-state index contributed by atoms with van der Waals surface area (Å²) < 4.78 is 1.31. The summed E-state index contributed by atoms with van der Waals surface area (Å²) in [5.74, 6) is 2.40. The van der Waals surface area contributed by atoms with E-state index in [0.29, 0.717) is 13.0 Å². The van der Waals surface area contributed by atoms with Crippen molar-refractivity contribution in [3.8, 4) is 12.3 Å². The van der Waals surface area contributed by atoms with Crippen molar-refractivity contribution in [1.29, 1.82) is 0 Å². The molecule has 0 saturated carbocycles. The fraction of sp³-hybridized carbons (Fsp3) is 0.222. The number of nitrogens with zero attached hydrogens (tertiary/aromatic N) is 2. The minimum atomic E-state index is -1.26. The van der Waals surface area contributed by atoms with E-state index in [4.69, 9.17) is 11.5 Å². The van der Waals surface area contributed by atoms with Crippen LogP contribution in [0.2, 0.25) is 0 Å². The predicted molar refractivity (Wildman–Crippen MR) is 53.6 cm³/mol. The van der Waals surface area contributed by atoms with Gasteiger partial charge in [0.25, 0.3) is 0 Å². The molecule has 1 heterocycles. The van der Waals surface area contributed by atoms with Crippen LogP contribution in [0.5, 0.6) is 0 Å². The van der Waals surface area contributed by atoms with E-state index in [1.807, 2.05) is 5.32 Å². The summed E-state index contributed by atoms with van der Waals surface area (Å²) in [5.41, 5.74) is -0.531. The second-order valence-electron chi connectivity index (χ2n) is 2.67. The van der Waals surface area contributed by atoms with Crippen LogP contribution in [0, 0.1) is 12.3 Å². The molecule has 1 aromatic rings. The number of rotatable bonds is 3. The molecule has 0 atom stereocenters. The number of nitrogens with one attached hydrogen (secondary N) is 1. The fourth-order valence-corrected chi connectivity index (χ4v) is 0.963. The molecule has 0 bridgehead atoms. The maximum absolute atomic E-state index is 11.3. The van der Waals surface area contributed by atoms with E-state index in [0.717, 1.165) is 0 Å². The van der Waals surface area contributed by atoms with Crippen molar-refractivity contribution in [2.75, 3.05) is 5.32 Å². The fourth-order valence-electron chi connectivity index (χ4n) is 0.963. The lowest BCUT2D eigenvalue weighted by Crippen LogP contribution is -2.24. The van der Waals surface area contributed by atoms with E-state index in [1.165, 1.54) is 16.8 Å². The molecule has 0 radical (unpaired) electrons. The van der Waals surface area contributed by atoms with E-state index >= 15 is 0 Å². The molecular weight excluding hydrogens is 198 g/mol. The Labute approximate surface area is 85.6 Å². The van der Waals surface area contributed by atoms with Crippen molar-refractivity contribution in [3.05, 3.63) is 22.7 Å². The van der Waals surface area contributed by atoms with E-state index in [2.05, 4.69) is 10.9 Å². The molecule has 0 aliphatic heterocycles. The third kappa shape index (κ3) is 3.15. The topological polar surface area (TPSA) is 84.2 Å². The molecule has 15 heavy (non-hydrogen) atoms. The molecule has 0 saturated heterocycles. The summed E-state index contributed by atoms with van der Waals surface area (Å²) in [6.45, 7) is 0.371. The number of hydrogen-bond acceptors (Lipinski definition) is 3. The Hall–Kier alpha value is -2.29. The maximum atomic E-state index is 11.3. The highest BCUT2D eigenvalue weighted by atomic mass is 16.4. The van der Waals surface area contributed by atoms with Crippen molar-refractivity contribution in [3.63, 3.8) is 0 Å². The minimum absolute atomic E-state index is 0.00413. The highest BCUT2D eigenvalue weighted by Gasteiger charge is 2.01. The molecule has 1 amide bonds. The first-order valence-corrected chi connectivity index (χ1v) is 4.14. The van der Waals surface area contributed by atoms with Crippen LogP contribution in [0.1, 0.15) is 6.42 Å². The van der Waals surface area contributed by atoms with Gasteiger partial charge in [0.2, 0.25) is 0 Å². The van der Waals surface area contributed by atoms with E-state index < -0.39 is 11.8 Å². The van der Waals surface area contributed by atoms with Crippen LogP contribution in [0.3, 0.4) is 0 Å². The monoisotopic (exact) mass is 207 g/mol. The van der Waals surface area contributed by atoms with E-state index in [1.54, 1.807) is 0 Å². The molecule has 0 spiro atoms. The Balaban J connectivity index is 2.84. The van der Waals surface area contributed by atoms with Crippen LogP contribution >= 0.6 is 0 Å². The third-order valence-electron chi connectivity index (χ3n) is 1.61.